The maximum Gasteiger partial charge on any atom is 0.335 e. The van der Waals surface area contributed by atoms with Crippen molar-refractivity contribution >= 4 is 5.97 Å². The van der Waals surface area contributed by atoms with Crippen LogP contribution in [0.2, 0.25) is 0 Å². The van der Waals surface area contributed by atoms with Gasteiger partial charge in [0.25, 0.3) is 0 Å². The lowest BCUT2D eigenvalue weighted by molar-refractivity contribution is 0.0696. The van der Waals surface area contributed by atoms with Gasteiger partial charge in [-0.2, -0.15) is 0 Å². The van der Waals surface area contributed by atoms with E-state index in [0.717, 1.165) is 6.07 Å². The molecule has 0 unspecified atom stereocenters. The summed E-state index contributed by atoms with van der Waals surface area (Å²) in [5, 5.41) is 9.02. The van der Waals surface area contributed by atoms with Gasteiger partial charge in [0.05, 0.1) is 16.8 Å². The van der Waals surface area contributed by atoms with E-state index in [0.29, 0.717) is 0 Å². The maximum absolute atomic E-state index is 11.7. The molecule has 0 aliphatic rings. The van der Waals surface area contributed by atoms with Crippen molar-refractivity contribution in [1.82, 2.24) is 9.97 Å². The highest BCUT2D eigenvalue weighted by Crippen LogP contribution is 2.15. The Morgan fingerprint density at radius 3 is 3.00 bits per heavy atom. The Balaban J connectivity index is 2.71. The van der Waals surface area contributed by atoms with Gasteiger partial charge in [-0.05, 0) is 19.0 Å². The van der Waals surface area contributed by atoms with Gasteiger partial charge in [-0.25, -0.2) is 4.79 Å². The summed E-state index contributed by atoms with van der Waals surface area (Å²) in [5.74, 6) is -1.29. The number of aryl methyl sites for hydroxylation is 1. The van der Waals surface area contributed by atoms with Gasteiger partial charge >= 0.3 is 5.97 Å². The number of pyridine rings is 2. The van der Waals surface area contributed by atoms with E-state index in [-0.39, 0.29) is 27.9 Å². The SMILES string of the molecule is [2H]C([2H])([2H])c1cc(C(=O)O)cc(-c2c[nH]ccc2=O)n1. The van der Waals surface area contributed by atoms with E-state index in [9.17, 15) is 9.59 Å². The molecule has 2 rings (SSSR count). The number of nitrogens with zero attached hydrogens (tertiary/aromatic N) is 1. The molecule has 5 heteroatoms. The number of hydrogen-bond acceptors (Lipinski definition) is 3. The van der Waals surface area contributed by atoms with E-state index < -0.39 is 12.8 Å². The molecule has 0 aliphatic carbocycles. The third kappa shape index (κ3) is 2.23. The zero-order valence-corrected chi connectivity index (χ0v) is 8.60. The average molecular weight is 233 g/mol. The number of nitrogens with one attached hydrogen (secondary N) is 1. The van der Waals surface area contributed by atoms with E-state index >= 15 is 0 Å². The first kappa shape index (κ1) is 7.78. The molecule has 2 N–H and O–H groups in total. The second-order valence-corrected chi connectivity index (χ2v) is 3.35. The normalized spacial score (nSPS) is 13.5. The smallest absolute Gasteiger partial charge is 0.335 e. The largest absolute Gasteiger partial charge is 0.478 e. The summed E-state index contributed by atoms with van der Waals surface area (Å²) in [6.07, 6.45) is 2.76. The minimum Gasteiger partial charge on any atom is -0.478 e. The molecular formula is C12H10N2O3. The van der Waals surface area contributed by atoms with Crippen molar-refractivity contribution in [2.45, 2.75) is 6.85 Å². The Bertz CT molecular complexity index is 722. The Morgan fingerprint density at radius 1 is 1.53 bits per heavy atom. The Kier molecular flexibility index (Phi) is 1.93. The minimum atomic E-state index is -2.55. The van der Waals surface area contributed by atoms with Crippen LogP contribution in [0.15, 0.2) is 35.4 Å². The summed E-state index contributed by atoms with van der Waals surface area (Å²) in [5.41, 5.74) is -0.853. The van der Waals surface area contributed by atoms with Crippen molar-refractivity contribution in [3.05, 3.63) is 52.1 Å². The van der Waals surface area contributed by atoms with Crippen LogP contribution in [0, 0.1) is 6.85 Å². The fourth-order valence-corrected chi connectivity index (χ4v) is 1.41. The lowest BCUT2D eigenvalue weighted by Gasteiger charge is -2.03. The Labute approximate surface area is 101 Å². The van der Waals surface area contributed by atoms with E-state index in [1.807, 2.05) is 0 Å². The van der Waals surface area contributed by atoms with Gasteiger partial charge in [0, 0.05) is 28.3 Å². The predicted octanol–water partition coefficient (Wildman–Crippen LogP) is 1.44. The monoisotopic (exact) mass is 233 g/mol. The van der Waals surface area contributed by atoms with Gasteiger partial charge < -0.3 is 10.1 Å². The molecule has 5 nitrogen and oxygen atoms in total. The number of carboxylic acids is 1. The van der Waals surface area contributed by atoms with Crippen LogP contribution in [-0.2, 0) is 0 Å². The molecule has 0 atom stereocenters. The van der Waals surface area contributed by atoms with Crippen LogP contribution in [0.3, 0.4) is 0 Å². The quantitative estimate of drug-likeness (QED) is 0.822. The summed E-state index contributed by atoms with van der Waals surface area (Å²) in [4.78, 5) is 29.3. The standard InChI is InChI=1S/C12H10N2O3/c1-7-4-8(12(16)17)5-10(14-7)9-6-13-3-2-11(9)15/h2-6H,1H3,(H,13,15)(H,16,17)/i1D3. The van der Waals surface area contributed by atoms with Crippen molar-refractivity contribution in [2.75, 3.05) is 0 Å². The average Bonchev–Trinajstić information content (AvgIpc) is 2.37. The fraction of sp³-hybridized carbons (Fsp3) is 0.0833. The van der Waals surface area contributed by atoms with E-state index in [1.54, 1.807) is 0 Å². The van der Waals surface area contributed by atoms with Crippen LogP contribution in [0.4, 0.5) is 0 Å². The minimum absolute atomic E-state index is 0.0119. The third-order valence-electron chi connectivity index (χ3n) is 2.17. The topological polar surface area (TPSA) is 83.0 Å². The molecule has 2 aromatic heterocycles. The number of aromatic carboxylic acids is 1. The molecular weight excluding hydrogens is 220 g/mol. The first-order valence-corrected chi connectivity index (χ1v) is 4.72. The molecule has 0 saturated carbocycles. The molecule has 0 bridgehead atoms. The molecule has 0 aromatic carbocycles. The first-order chi connectivity index (χ1) is 9.29. The molecule has 17 heavy (non-hydrogen) atoms. The molecule has 0 radical (unpaired) electrons. The Morgan fingerprint density at radius 2 is 2.35 bits per heavy atom. The molecule has 0 saturated heterocycles. The highest BCUT2D eigenvalue weighted by molar-refractivity contribution is 5.89. The highest BCUT2D eigenvalue weighted by Gasteiger charge is 2.10. The number of carbonyl (C=O) groups is 1. The van der Waals surface area contributed by atoms with Gasteiger partial charge in [-0.1, -0.05) is 0 Å². The van der Waals surface area contributed by atoms with Gasteiger partial charge in [-0.3, -0.25) is 9.78 Å². The van der Waals surface area contributed by atoms with Gasteiger partial charge in [0.1, 0.15) is 0 Å². The first-order valence-electron chi connectivity index (χ1n) is 6.22. The predicted molar refractivity (Wildman–Crippen MR) is 62.0 cm³/mol. The number of aromatic nitrogens is 2. The van der Waals surface area contributed by atoms with Crippen LogP contribution < -0.4 is 5.43 Å². The third-order valence-corrected chi connectivity index (χ3v) is 2.17. The molecule has 0 spiro atoms. The number of aromatic amines is 1. The van der Waals surface area contributed by atoms with Crippen LogP contribution >= 0.6 is 0 Å². The maximum atomic E-state index is 11.7. The van der Waals surface area contributed by atoms with Crippen molar-refractivity contribution in [3.8, 4) is 11.3 Å². The van der Waals surface area contributed by atoms with E-state index in [4.69, 9.17) is 9.22 Å². The highest BCUT2D eigenvalue weighted by atomic mass is 16.4. The summed E-state index contributed by atoms with van der Waals surface area (Å²) < 4.78 is 21.9. The van der Waals surface area contributed by atoms with Crippen LogP contribution in [-0.4, -0.2) is 21.0 Å². The second-order valence-electron chi connectivity index (χ2n) is 3.35. The lowest BCUT2D eigenvalue weighted by Crippen LogP contribution is -2.06. The number of hydrogen-bond donors (Lipinski definition) is 2. The van der Waals surface area contributed by atoms with E-state index in [2.05, 4.69) is 9.97 Å². The molecule has 0 aliphatic heterocycles. The van der Waals surface area contributed by atoms with Gasteiger partial charge in [-0.15, -0.1) is 0 Å². The zero-order valence-electron chi connectivity index (χ0n) is 11.6. The van der Waals surface area contributed by atoms with Crippen LogP contribution in [0.1, 0.15) is 20.2 Å². The summed E-state index contributed by atoms with van der Waals surface area (Å²) in [6.45, 7) is -2.55. The zero-order chi connectivity index (χ0) is 14.9. The molecule has 0 fully saturated rings. The molecule has 2 aromatic rings. The van der Waals surface area contributed by atoms with Crippen LogP contribution in [0.25, 0.3) is 11.3 Å². The molecule has 86 valence electrons. The summed E-state index contributed by atoms with van der Waals surface area (Å²) in [6, 6.07) is 3.40. The molecule has 2 heterocycles. The van der Waals surface area contributed by atoms with Crippen molar-refractivity contribution in [1.29, 1.82) is 0 Å². The Hall–Kier alpha value is -2.43. The van der Waals surface area contributed by atoms with Crippen LogP contribution in [0.5, 0.6) is 0 Å². The van der Waals surface area contributed by atoms with Crippen molar-refractivity contribution in [2.24, 2.45) is 0 Å². The number of H-pyrrole nitrogens is 1. The lowest BCUT2D eigenvalue weighted by atomic mass is 10.1. The van der Waals surface area contributed by atoms with Gasteiger partial charge in [0.2, 0.25) is 0 Å². The second kappa shape index (κ2) is 4.21. The van der Waals surface area contributed by atoms with E-state index in [1.165, 1.54) is 24.5 Å². The van der Waals surface area contributed by atoms with Crippen molar-refractivity contribution < 1.29 is 14.0 Å². The number of carboxylic acid groups (broad SMARTS) is 1. The number of rotatable bonds is 2. The summed E-state index contributed by atoms with van der Waals surface area (Å²) in [7, 11) is 0. The fourth-order valence-electron chi connectivity index (χ4n) is 1.41. The summed E-state index contributed by atoms with van der Waals surface area (Å²) >= 11 is 0. The molecule has 0 amide bonds. The van der Waals surface area contributed by atoms with Crippen molar-refractivity contribution in [3.63, 3.8) is 0 Å². The van der Waals surface area contributed by atoms with Gasteiger partial charge in [0.15, 0.2) is 5.43 Å².